The molecular formula is C28H31N7O3S. The second-order valence-corrected chi connectivity index (χ2v) is 12.6. The summed E-state index contributed by atoms with van der Waals surface area (Å²) in [5.41, 5.74) is 4.37. The Labute approximate surface area is 227 Å². The minimum atomic E-state index is -3.05. The fourth-order valence-electron chi connectivity index (χ4n) is 5.52. The number of fused-ring (bicyclic) bond motifs is 1. The lowest BCUT2D eigenvalue weighted by molar-refractivity contribution is 0.338. The molecule has 0 amide bonds. The van der Waals surface area contributed by atoms with Crippen LogP contribution < -0.4 is 9.64 Å². The molecule has 202 valence electrons. The fourth-order valence-corrected chi connectivity index (χ4v) is 6.68. The minimum absolute atomic E-state index is 0.0540. The highest BCUT2D eigenvalue weighted by atomic mass is 32.2. The summed E-state index contributed by atoms with van der Waals surface area (Å²) >= 11 is 0. The molecule has 10 nitrogen and oxygen atoms in total. The van der Waals surface area contributed by atoms with Crippen LogP contribution in [-0.4, -0.2) is 69.8 Å². The summed E-state index contributed by atoms with van der Waals surface area (Å²) in [7, 11) is -1.42. The van der Waals surface area contributed by atoms with Crippen LogP contribution in [0.2, 0.25) is 0 Å². The van der Waals surface area contributed by atoms with E-state index >= 15 is 0 Å². The number of ether oxygens (including phenoxy) is 1. The predicted molar refractivity (Wildman–Crippen MR) is 151 cm³/mol. The molecule has 0 radical (unpaired) electrons. The van der Waals surface area contributed by atoms with Gasteiger partial charge in [-0.15, -0.1) is 0 Å². The highest BCUT2D eigenvalue weighted by molar-refractivity contribution is 7.90. The Morgan fingerprint density at radius 2 is 1.95 bits per heavy atom. The zero-order valence-electron chi connectivity index (χ0n) is 22.5. The summed E-state index contributed by atoms with van der Waals surface area (Å²) < 4.78 is 31.2. The van der Waals surface area contributed by atoms with Gasteiger partial charge in [0.05, 0.1) is 35.8 Å². The number of hydrogen-bond donors (Lipinski definition) is 0. The number of aryl methyl sites for hydroxylation is 1. The van der Waals surface area contributed by atoms with Crippen molar-refractivity contribution in [2.24, 2.45) is 5.92 Å². The Bertz CT molecular complexity index is 1710. The van der Waals surface area contributed by atoms with Gasteiger partial charge in [-0.05, 0) is 50.8 Å². The maximum absolute atomic E-state index is 11.9. The predicted octanol–water partition coefficient (Wildman–Crippen LogP) is 4.03. The van der Waals surface area contributed by atoms with Crippen molar-refractivity contribution in [1.82, 2.24) is 29.7 Å². The van der Waals surface area contributed by atoms with E-state index in [9.17, 15) is 8.42 Å². The standard InChI is InChI=1S/C28H31N7O3S/c1-17-21-14-30-35(24(21)11-23(31-17)22-13-29-10-9-25(22)38-3)27-12-26(32-28(33-27)19-7-5-6-8-19)34-15-20(18(34)2)16-39(4,36)37/h7,9-14,18,20H,5-6,8,15-16H2,1-4H3/t18-,20-/m1/s1. The van der Waals surface area contributed by atoms with Gasteiger partial charge in [-0.1, -0.05) is 6.08 Å². The monoisotopic (exact) mass is 545 g/mol. The van der Waals surface area contributed by atoms with Crippen LogP contribution in [0.4, 0.5) is 5.82 Å². The summed E-state index contributed by atoms with van der Waals surface area (Å²) in [5, 5.41) is 5.65. The van der Waals surface area contributed by atoms with E-state index < -0.39 is 9.84 Å². The van der Waals surface area contributed by atoms with E-state index in [1.807, 2.05) is 36.0 Å². The molecular weight excluding hydrogens is 514 g/mol. The second kappa shape index (κ2) is 9.71. The molecule has 5 heterocycles. The Morgan fingerprint density at radius 1 is 1.13 bits per heavy atom. The molecule has 1 saturated heterocycles. The first-order valence-corrected chi connectivity index (χ1v) is 15.1. The third kappa shape index (κ3) is 4.75. The van der Waals surface area contributed by atoms with Crippen molar-refractivity contribution in [3.05, 3.63) is 54.4 Å². The van der Waals surface area contributed by atoms with Gasteiger partial charge in [0.15, 0.2) is 11.6 Å². The third-order valence-corrected chi connectivity index (χ3v) is 8.73. The molecule has 11 heteroatoms. The van der Waals surface area contributed by atoms with Crippen LogP contribution in [0.3, 0.4) is 0 Å². The van der Waals surface area contributed by atoms with E-state index in [4.69, 9.17) is 24.8 Å². The molecule has 4 aromatic heterocycles. The zero-order valence-corrected chi connectivity index (χ0v) is 23.3. The lowest BCUT2D eigenvalue weighted by Gasteiger charge is -2.47. The number of hydrogen-bond acceptors (Lipinski definition) is 9. The van der Waals surface area contributed by atoms with Crippen molar-refractivity contribution in [3.63, 3.8) is 0 Å². The van der Waals surface area contributed by atoms with Crippen molar-refractivity contribution in [3.8, 4) is 22.8 Å². The normalized spacial score (nSPS) is 19.3. The second-order valence-electron chi connectivity index (χ2n) is 10.4. The lowest BCUT2D eigenvalue weighted by atomic mass is 9.92. The number of aromatic nitrogens is 6. The Hall–Kier alpha value is -3.86. The largest absolute Gasteiger partial charge is 0.496 e. The Morgan fingerprint density at radius 3 is 2.67 bits per heavy atom. The third-order valence-electron chi connectivity index (χ3n) is 7.70. The summed E-state index contributed by atoms with van der Waals surface area (Å²) in [6.45, 7) is 4.66. The molecule has 39 heavy (non-hydrogen) atoms. The SMILES string of the molecule is COc1ccncc1-c1cc2c(cnn2-c2cc(N3C[C@H](CS(C)(=O)=O)[C@H]3C)nc(C3=CCCC3)n2)c(C)n1. The van der Waals surface area contributed by atoms with E-state index in [0.717, 1.165) is 58.5 Å². The van der Waals surface area contributed by atoms with Crippen LogP contribution in [0.1, 0.15) is 37.7 Å². The van der Waals surface area contributed by atoms with Gasteiger partial charge < -0.3 is 9.64 Å². The topological polar surface area (TPSA) is 116 Å². The molecule has 1 aliphatic carbocycles. The van der Waals surface area contributed by atoms with Crippen LogP contribution in [0.5, 0.6) is 5.75 Å². The van der Waals surface area contributed by atoms with E-state index in [1.165, 1.54) is 6.26 Å². The van der Waals surface area contributed by atoms with Crippen molar-refractivity contribution in [2.75, 3.05) is 30.6 Å². The maximum Gasteiger partial charge on any atom is 0.160 e. The van der Waals surface area contributed by atoms with Crippen LogP contribution in [-0.2, 0) is 9.84 Å². The Kier molecular flexibility index (Phi) is 6.33. The average molecular weight is 546 g/mol. The highest BCUT2D eigenvalue weighted by Gasteiger charge is 2.38. The molecule has 1 fully saturated rings. The fraction of sp³-hybridized carbons (Fsp3) is 0.393. The van der Waals surface area contributed by atoms with Crippen LogP contribution in [0.25, 0.3) is 33.6 Å². The molecule has 0 aromatic carbocycles. The highest BCUT2D eigenvalue weighted by Crippen LogP contribution is 2.35. The van der Waals surface area contributed by atoms with E-state index in [-0.39, 0.29) is 17.7 Å². The number of pyridine rings is 2. The van der Waals surface area contributed by atoms with Gasteiger partial charge in [-0.3, -0.25) is 9.97 Å². The molecule has 0 spiro atoms. The summed E-state index contributed by atoms with van der Waals surface area (Å²) in [6.07, 6.45) is 11.8. The van der Waals surface area contributed by atoms with Crippen molar-refractivity contribution >= 4 is 32.1 Å². The molecule has 2 aliphatic rings. The van der Waals surface area contributed by atoms with Gasteiger partial charge in [-0.2, -0.15) is 5.10 Å². The number of sulfone groups is 1. The molecule has 4 aromatic rings. The summed E-state index contributed by atoms with van der Waals surface area (Å²) in [4.78, 5) is 21.1. The molecule has 2 atom stereocenters. The van der Waals surface area contributed by atoms with Gasteiger partial charge >= 0.3 is 0 Å². The number of methoxy groups -OCH3 is 1. The van der Waals surface area contributed by atoms with E-state index in [2.05, 4.69) is 22.9 Å². The molecule has 1 aliphatic heterocycles. The molecule has 0 unspecified atom stereocenters. The first kappa shape index (κ1) is 25.4. The first-order chi connectivity index (χ1) is 18.7. The van der Waals surface area contributed by atoms with E-state index in [1.54, 1.807) is 19.5 Å². The van der Waals surface area contributed by atoms with Crippen molar-refractivity contribution in [1.29, 1.82) is 0 Å². The van der Waals surface area contributed by atoms with Crippen LogP contribution in [0.15, 0.2) is 42.9 Å². The number of anilines is 1. The van der Waals surface area contributed by atoms with Gasteiger partial charge in [0.2, 0.25) is 0 Å². The van der Waals surface area contributed by atoms with Crippen LogP contribution >= 0.6 is 0 Å². The zero-order chi connectivity index (χ0) is 27.3. The summed E-state index contributed by atoms with van der Waals surface area (Å²) in [6, 6.07) is 5.80. The lowest BCUT2D eigenvalue weighted by Crippen LogP contribution is -2.57. The van der Waals surface area contributed by atoms with Gasteiger partial charge in [-0.25, -0.2) is 23.1 Å². The summed E-state index contributed by atoms with van der Waals surface area (Å²) in [5.74, 6) is 3.08. The minimum Gasteiger partial charge on any atom is -0.496 e. The number of allylic oxidation sites excluding steroid dienone is 2. The maximum atomic E-state index is 11.9. The number of nitrogens with zero attached hydrogens (tertiary/aromatic N) is 7. The van der Waals surface area contributed by atoms with Crippen LogP contribution in [0, 0.1) is 12.8 Å². The smallest absolute Gasteiger partial charge is 0.160 e. The number of rotatable bonds is 7. The quantitative estimate of drug-likeness (QED) is 0.339. The van der Waals surface area contributed by atoms with Gasteiger partial charge in [0.25, 0.3) is 0 Å². The van der Waals surface area contributed by atoms with Crippen molar-refractivity contribution in [2.45, 2.75) is 39.2 Å². The van der Waals surface area contributed by atoms with Gasteiger partial charge in [0, 0.05) is 54.3 Å². The van der Waals surface area contributed by atoms with E-state index in [0.29, 0.717) is 23.9 Å². The molecule has 0 bridgehead atoms. The Balaban J connectivity index is 1.46. The molecule has 6 rings (SSSR count). The van der Waals surface area contributed by atoms with Gasteiger partial charge in [0.1, 0.15) is 21.4 Å². The molecule has 0 saturated carbocycles. The van der Waals surface area contributed by atoms with Crippen molar-refractivity contribution < 1.29 is 13.2 Å². The molecule has 0 N–H and O–H groups in total. The average Bonchev–Trinajstić information content (AvgIpc) is 3.61. The first-order valence-electron chi connectivity index (χ1n) is 13.1.